The number of nitrogens with one attached hydrogen (secondary N) is 1. The number of allylic oxidation sites excluding steroid dienone is 1. The summed E-state index contributed by atoms with van der Waals surface area (Å²) in [6.45, 7) is 2.17. The van der Waals surface area contributed by atoms with Crippen LogP contribution in [0.5, 0.6) is 0 Å². The Balaban J connectivity index is 1.39. The number of aryl methyl sites for hydroxylation is 2. The van der Waals surface area contributed by atoms with Crippen LogP contribution in [-0.4, -0.2) is 4.98 Å². The van der Waals surface area contributed by atoms with Crippen LogP contribution in [0.4, 0.5) is 17.1 Å². The van der Waals surface area contributed by atoms with E-state index < -0.39 is 0 Å². The molecule has 1 aliphatic rings. The highest BCUT2D eigenvalue weighted by atomic mass is 15.1. The number of nitrogens with zero attached hydrogens (tertiary/aromatic N) is 1. The molecule has 0 saturated heterocycles. The third kappa shape index (κ3) is 3.54. The van der Waals surface area contributed by atoms with Gasteiger partial charge in [0.25, 0.3) is 0 Å². The van der Waals surface area contributed by atoms with Gasteiger partial charge >= 0.3 is 0 Å². The molecule has 0 aliphatic heterocycles. The van der Waals surface area contributed by atoms with Crippen LogP contribution in [0.15, 0.2) is 103 Å². The molecule has 2 heteroatoms. The predicted octanol–water partition coefficient (Wildman–Crippen LogP) is 8.57. The van der Waals surface area contributed by atoms with Gasteiger partial charge in [0.05, 0.1) is 0 Å². The number of H-pyrrole nitrogens is 1. The Morgan fingerprint density at radius 2 is 1.45 bits per heavy atom. The van der Waals surface area contributed by atoms with Gasteiger partial charge in [-0.25, -0.2) is 0 Å². The highest BCUT2D eigenvalue weighted by molar-refractivity contribution is 5.94. The van der Waals surface area contributed by atoms with E-state index in [4.69, 9.17) is 0 Å². The number of fused-ring (bicyclic) bond motifs is 3. The van der Waals surface area contributed by atoms with Crippen molar-refractivity contribution in [2.24, 2.45) is 0 Å². The second-order valence-electron chi connectivity index (χ2n) is 8.72. The first-order valence-electron chi connectivity index (χ1n) is 11.6. The van der Waals surface area contributed by atoms with Crippen molar-refractivity contribution >= 4 is 34.0 Å². The lowest BCUT2D eigenvalue weighted by Crippen LogP contribution is -2.11. The molecule has 0 amide bonds. The first-order valence-corrected chi connectivity index (χ1v) is 11.6. The van der Waals surface area contributed by atoms with E-state index in [1.807, 2.05) is 0 Å². The van der Waals surface area contributed by atoms with Gasteiger partial charge in [-0.3, -0.25) is 0 Å². The second-order valence-corrected chi connectivity index (χ2v) is 8.72. The van der Waals surface area contributed by atoms with Crippen LogP contribution >= 0.6 is 0 Å². The molecule has 6 rings (SSSR count). The van der Waals surface area contributed by atoms with E-state index in [0.717, 1.165) is 24.2 Å². The van der Waals surface area contributed by atoms with Crippen LogP contribution in [0.2, 0.25) is 0 Å². The predicted molar refractivity (Wildman–Crippen MR) is 141 cm³/mol. The molecule has 160 valence electrons. The Kier molecular flexibility index (Phi) is 4.84. The van der Waals surface area contributed by atoms with Gasteiger partial charge in [-0.2, -0.15) is 0 Å². The first kappa shape index (κ1) is 19.6. The molecule has 4 aromatic carbocycles. The minimum absolute atomic E-state index is 1.10. The normalized spacial score (nSPS) is 12.6. The topological polar surface area (TPSA) is 19.0 Å². The highest BCUT2D eigenvalue weighted by Gasteiger charge is 2.15. The molecule has 1 N–H and O–H groups in total. The number of para-hydroxylation sites is 2. The van der Waals surface area contributed by atoms with Gasteiger partial charge in [-0.05, 0) is 72.9 Å². The van der Waals surface area contributed by atoms with Crippen LogP contribution in [0.25, 0.3) is 28.1 Å². The van der Waals surface area contributed by atoms with Crippen molar-refractivity contribution < 1.29 is 0 Å². The number of rotatable bonds is 4. The summed E-state index contributed by atoms with van der Waals surface area (Å²) >= 11 is 0. The van der Waals surface area contributed by atoms with Gasteiger partial charge in [-0.15, -0.1) is 0 Å². The number of benzene rings is 4. The Labute approximate surface area is 194 Å². The van der Waals surface area contributed by atoms with Gasteiger partial charge in [-0.1, -0.05) is 72.8 Å². The standard InChI is InChI=1S/C31H26N2/c1-22-9-5-8-14-31(22)33(25-10-3-2-4-11-25)26-18-15-23(16-19-26)24-17-20-28-27-12-6-7-13-29(27)32-30(28)21-24/h2-6,8-12,14-21,32H,7,13H2,1H3. The molecule has 2 nitrogen and oxygen atoms in total. The summed E-state index contributed by atoms with van der Waals surface area (Å²) in [6, 6.07) is 34.8. The summed E-state index contributed by atoms with van der Waals surface area (Å²) in [5.74, 6) is 0. The number of anilines is 3. The molecule has 0 bridgehead atoms. The van der Waals surface area contributed by atoms with Gasteiger partial charge in [0.15, 0.2) is 0 Å². The minimum atomic E-state index is 1.10. The molecule has 0 saturated carbocycles. The molecular weight excluding hydrogens is 400 g/mol. The average Bonchev–Trinajstić information content (AvgIpc) is 3.24. The van der Waals surface area contributed by atoms with Crippen molar-refractivity contribution in [3.8, 4) is 11.1 Å². The smallest absolute Gasteiger partial charge is 0.0490 e. The quantitative estimate of drug-likeness (QED) is 0.305. The van der Waals surface area contributed by atoms with Crippen molar-refractivity contribution in [2.75, 3.05) is 4.90 Å². The third-order valence-electron chi connectivity index (χ3n) is 6.60. The zero-order chi connectivity index (χ0) is 22.2. The van der Waals surface area contributed by atoms with E-state index in [-0.39, 0.29) is 0 Å². The van der Waals surface area contributed by atoms with Crippen LogP contribution in [0, 0.1) is 6.92 Å². The van der Waals surface area contributed by atoms with Gasteiger partial charge in [0.1, 0.15) is 0 Å². The molecule has 5 aromatic rings. The maximum absolute atomic E-state index is 3.65. The maximum atomic E-state index is 3.65. The van der Waals surface area contributed by atoms with Crippen LogP contribution in [0.3, 0.4) is 0 Å². The Hall–Kier alpha value is -4.04. The third-order valence-corrected chi connectivity index (χ3v) is 6.60. The summed E-state index contributed by atoms with van der Waals surface area (Å²) in [4.78, 5) is 5.97. The summed E-state index contributed by atoms with van der Waals surface area (Å²) in [5.41, 5.74) is 11.2. The lowest BCUT2D eigenvalue weighted by Gasteiger charge is -2.27. The van der Waals surface area contributed by atoms with Crippen LogP contribution in [-0.2, 0) is 6.42 Å². The van der Waals surface area contributed by atoms with E-state index in [0.29, 0.717) is 0 Å². The number of aromatic nitrogens is 1. The average molecular weight is 427 g/mol. The molecule has 0 atom stereocenters. The second kappa shape index (κ2) is 8.14. The molecule has 1 aromatic heterocycles. The van der Waals surface area contributed by atoms with Gasteiger partial charge in [0, 0.05) is 39.2 Å². The summed E-state index contributed by atoms with van der Waals surface area (Å²) < 4.78 is 0. The maximum Gasteiger partial charge on any atom is 0.0490 e. The Bertz CT molecular complexity index is 1460. The summed E-state index contributed by atoms with van der Waals surface area (Å²) in [5, 5.41) is 1.32. The molecule has 0 radical (unpaired) electrons. The zero-order valence-corrected chi connectivity index (χ0v) is 18.8. The van der Waals surface area contributed by atoms with Crippen molar-refractivity contribution in [2.45, 2.75) is 19.8 Å². The molecule has 1 aliphatic carbocycles. The van der Waals surface area contributed by atoms with Gasteiger partial charge < -0.3 is 9.88 Å². The van der Waals surface area contributed by atoms with E-state index in [9.17, 15) is 0 Å². The zero-order valence-electron chi connectivity index (χ0n) is 18.8. The first-order chi connectivity index (χ1) is 16.3. The van der Waals surface area contributed by atoms with Crippen LogP contribution in [0.1, 0.15) is 23.2 Å². The number of aromatic amines is 1. The fourth-order valence-corrected chi connectivity index (χ4v) is 4.89. The molecule has 0 unspecified atom stereocenters. The van der Waals surface area contributed by atoms with E-state index in [1.54, 1.807) is 0 Å². The molecular formula is C31H26N2. The van der Waals surface area contributed by atoms with Crippen molar-refractivity contribution in [3.05, 3.63) is 120 Å². The highest BCUT2D eigenvalue weighted by Crippen LogP contribution is 2.37. The van der Waals surface area contributed by atoms with Crippen molar-refractivity contribution in [3.63, 3.8) is 0 Å². The number of hydrogen-bond acceptors (Lipinski definition) is 1. The molecule has 1 heterocycles. The van der Waals surface area contributed by atoms with E-state index in [2.05, 4.69) is 126 Å². The minimum Gasteiger partial charge on any atom is -0.358 e. The van der Waals surface area contributed by atoms with E-state index >= 15 is 0 Å². The van der Waals surface area contributed by atoms with Gasteiger partial charge in [0.2, 0.25) is 0 Å². The fraction of sp³-hybridized carbons (Fsp3) is 0.0968. The largest absolute Gasteiger partial charge is 0.358 e. The summed E-state index contributed by atoms with van der Waals surface area (Å²) in [7, 11) is 0. The fourth-order valence-electron chi connectivity index (χ4n) is 4.89. The van der Waals surface area contributed by atoms with Crippen molar-refractivity contribution in [1.82, 2.24) is 4.98 Å². The SMILES string of the molecule is Cc1ccccc1N(c1ccccc1)c1ccc(-c2ccc3c4c([nH]c3c2)CCC=C4)cc1. The number of hydrogen-bond donors (Lipinski definition) is 1. The Morgan fingerprint density at radius 3 is 2.27 bits per heavy atom. The lowest BCUT2D eigenvalue weighted by atomic mass is 9.99. The van der Waals surface area contributed by atoms with Crippen LogP contribution < -0.4 is 4.90 Å². The Morgan fingerprint density at radius 1 is 0.727 bits per heavy atom. The van der Waals surface area contributed by atoms with Crippen molar-refractivity contribution in [1.29, 1.82) is 0 Å². The molecule has 0 fully saturated rings. The molecule has 33 heavy (non-hydrogen) atoms. The van der Waals surface area contributed by atoms with E-state index in [1.165, 1.54) is 44.5 Å². The lowest BCUT2D eigenvalue weighted by molar-refractivity contribution is 0.951. The molecule has 0 spiro atoms. The summed E-state index contributed by atoms with van der Waals surface area (Å²) in [6.07, 6.45) is 6.75. The monoisotopic (exact) mass is 426 g/mol.